The van der Waals surface area contributed by atoms with Crippen LogP contribution in [0.1, 0.15) is 12.8 Å². The van der Waals surface area contributed by atoms with Crippen molar-refractivity contribution in [2.24, 2.45) is 7.05 Å². The maximum absolute atomic E-state index is 14.2. The van der Waals surface area contributed by atoms with Gasteiger partial charge in [-0.3, -0.25) is 4.79 Å². The van der Waals surface area contributed by atoms with Gasteiger partial charge < -0.3 is 18.8 Å². The van der Waals surface area contributed by atoms with Crippen LogP contribution in [0.25, 0.3) is 11.1 Å². The molecule has 1 aromatic heterocycles. The molecule has 3 aromatic rings. The second kappa shape index (κ2) is 9.22. The number of halogens is 2. The summed E-state index contributed by atoms with van der Waals surface area (Å²) in [5.41, 5.74) is 2.30. The minimum Gasteiger partial charge on any atom is -0.593 e. The number of rotatable bonds is 6. The summed E-state index contributed by atoms with van der Waals surface area (Å²) >= 11 is -1.30. The molecule has 1 N–H and O–H groups in total. The third kappa shape index (κ3) is 4.73. The molecule has 0 aliphatic carbocycles. The van der Waals surface area contributed by atoms with E-state index < -0.39 is 23.0 Å². The molecule has 1 unspecified atom stereocenters. The average molecular weight is 460 g/mol. The smallest absolute Gasteiger partial charge is 0.273 e. The van der Waals surface area contributed by atoms with E-state index in [0.717, 1.165) is 38.1 Å². The summed E-state index contributed by atoms with van der Waals surface area (Å²) in [7, 11) is 1.68. The van der Waals surface area contributed by atoms with Crippen molar-refractivity contribution in [1.82, 2.24) is 4.57 Å². The molecule has 0 saturated carbocycles. The van der Waals surface area contributed by atoms with E-state index in [1.165, 1.54) is 16.9 Å². The molecule has 0 radical (unpaired) electrons. The number of hydrogen-bond acceptors (Lipinski definition) is 5. The van der Waals surface area contributed by atoms with Gasteiger partial charge in [0.15, 0.2) is 11.6 Å². The van der Waals surface area contributed by atoms with Crippen molar-refractivity contribution in [3.8, 4) is 22.6 Å². The maximum Gasteiger partial charge on any atom is 0.273 e. The molecule has 0 amide bonds. The van der Waals surface area contributed by atoms with E-state index in [-0.39, 0.29) is 11.3 Å². The lowest BCUT2D eigenvalue weighted by molar-refractivity contribution is 0.439. The highest BCUT2D eigenvalue weighted by molar-refractivity contribution is 7.92. The van der Waals surface area contributed by atoms with Crippen LogP contribution in [0.3, 0.4) is 0 Å². The van der Waals surface area contributed by atoms with Crippen LogP contribution in [-0.2, 0) is 18.4 Å². The minimum absolute atomic E-state index is 0.105. The van der Waals surface area contributed by atoms with Crippen LogP contribution in [0, 0.1) is 11.6 Å². The molecule has 6 nitrogen and oxygen atoms in total. The second-order valence-corrected chi connectivity index (χ2v) is 8.78. The van der Waals surface area contributed by atoms with Crippen LogP contribution in [0.2, 0.25) is 0 Å². The van der Waals surface area contributed by atoms with Crippen molar-refractivity contribution in [3.05, 3.63) is 70.6 Å². The summed E-state index contributed by atoms with van der Waals surface area (Å²) in [6, 6.07) is 9.89. The van der Waals surface area contributed by atoms with Crippen molar-refractivity contribution in [1.29, 1.82) is 0 Å². The fraction of sp³-hybridized carbons (Fsp3) is 0.261. The monoisotopic (exact) mass is 459 g/mol. The first kappa shape index (κ1) is 22.2. The Kier molecular flexibility index (Phi) is 6.38. The molecule has 1 fully saturated rings. The summed E-state index contributed by atoms with van der Waals surface area (Å²) in [5.74, 6) is -1.34. The van der Waals surface area contributed by atoms with Gasteiger partial charge in [0.2, 0.25) is 0 Å². The number of ether oxygens (including phenoxy) is 1. The average Bonchev–Trinajstić information content (AvgIpc) is 3.27. The zero-order chi connectivity index (χ0) is 22.8. The first-order chi connectivity index (χ1) is 15.3. The normalized spacial score (nSPS) is 14.5. The molecule has 1 aliphatic rings. The quantitative estimate of drug-likeness (QED) is 0.553. The molecule has 1 saturated heterocycles. The van der Waals surface area contributed by atoms with Gasteiger partial charge in [0.1, 0.15) is 23.5 Å². The van der Waals surface area contributed by atoms with Crippen LogP contribution < -0.4 is 19.9 Å². The van der Waals surface area contributed by atoms with Crippen molar-refractivity contribution >= 4 is 22.7 Å². The van der Waals surface area contributed by atoms with Crippen LogP contribution in [-0.4, -0.2) is 28.5 Å². The van der Waals surface area contributed by atoms with Gasteiger partial charge in [-0.05, 0) is 49.2 Å². The maximum atomic E-state index is 14.2. The molecule has 168 valence electrons. The zero-order valence-corrected chi connectivity index (χ0v) is 18.5. The van der Waals surface area contributed by atoms with Crippen LogP contribution in [0.5, 0.6) is 11.5 Å². The summed E-state index contributed by atoms with van der Waals surface area (Å²) in [6.07, 6.45) is 5.23. The van der Waals surface area contributed by atoms with E-state index in [2.05, 4.69) is 9.62 Å². The Labute approximate surface area is 187 Å². The van der Waals surface area contributed by atoms with E-state index in [0.29, 0.717) is 28.3 Å². The Bertz CT molecular complexity index is 1190. The van der Waals surface area contributed by atoms with Gasteiger partial charge in [0.25, 0.3) is 5.56 Å². The standard InChI is InChI=1S/C23H23F2N3O3S/c1-27-14-15(11-20(23(27)29)28-9-3-4-10-28)18-13-17(26-32(2)30)6-8-21(18)31-22-7-5-16(24)12-19(22)25/h5-8,11-14,26H,3-4,9-10H2,1-2H3. The topological polar surface area (TPSA) is 69.6 Å². The fourth-order valence-electron chi connectivity index (χ4n) is 3.78. The van der Waals surface area contributed by atoms with E-state index in [9.17, 15) is 18.1 Å². The van der Waals surface area contributed by atoms with E-state index >= 15 is 0 Å². The lowest BCUT2D eigenvalue weighted by Crippen LogP contribution is -2.29. The van der Waals surface area contributed by atoms with E-state index in [1.807, 2.05) is 0 Å². The number of nitrogens with zero attached hydrogens (tertiary/aromatic N) is 2. The first-order valence-corrected chi connectivity index (χ1v) is 11.7. The van der Waals surface area contributed by atoms with Crippen LogP contribution >= 0.6 is 0 Å². The van der Waals surface area contributed by atoms with Crippen molar-refractivity contribution in [3.63, 3.8) is 0 Å². The molecule has 9 heteroatoms. The van der Waals surface area contributed by atoms with Gasteiger partial charge in [0.05, 0.1) is 17.0 Å². The first-order valence-electron chi connectivity index (χ1n) is 10.1. The summed E-state index contributed by atoms with van der Waals surface area (Å²) in [4.78, 5) is 14.8. The number of benzene rings is 2. The molecular weight excluding hydrogens is 436 g/mol. The zero-order valence-electron chi connectivity index (χ0n) is 17.7. The third-order valence-corrected chi connectivity index (χ3v) is 5.80. The largest absolute Gasteiger partial charge is 0.593 e. The molecule has 2 heterocycles. The van der Waals surface area contributed by atoms with Gasteiger partial charge in [-0.25, -0.2) is 13.5 Å². The summed E-state index contributed by atoms with van der Waals surface area (Å²) in [6.45, 7) is 1.61. The minimum atomic E-state index is -1.30. The van der Waals surface area contributed by atoms with Gasteiger partial charge >= 0.3 is 0 Å². The highest BCUT2D eigenvalue weighted by Crippen LogP contribution is 2.37. The SMILES string of the molecule is Cn1cc(-c2cc(N[S+](C)[O-])ccc2Oc2ccc(F)cc2F)cc(N2CCCC2)c1=O. The number of hydrogen-bond donors (Lipinski definition) is 1. The number of anilines is 2. The molecule has 1 atom stereocenters. The van der Waals surface area contributed by atoms with Crippen molar-refractivity contribution in [2.45, 2.75) is 12.8 Å². The Balaban J connectivity index is 1.83. The predicted molar refractivity (Wildman–Crippen MR) is 123 cm³/mol. The fourth-order valence-corrected chi connectivity index (χ4v) is 4.24. The Hall–Kier alpha value is -3.04. The third-order valence-electron chi connectivity index (χ3n) is 5.28. The predicted octanol–water partition coefficient (Wildman–Crippen LogP) is 4.43. The molecular formula is C23H23F2N3O3S. The highest BCUT2D eigenvalue weighted by atomic mass is 32.2. The van der Waals surface area contributed by atoms with Crippen molar-refractivity contribution in [2.75, 3.05) is 29.0 Å². The molecule has 1 aliphatic heterocycles. The number of pyridine rings is 1. The molecule has 0 bridgehead atoms. The van der Waals surface area contributed by atoms with Gasteiger partial charge in [0, 0.05) is 43.5 Å². The molecule has 32 heavy (non-hydrogen) atoms. The Morgan fingerprint density at radius 3 is 2.47 bits per heavy atom. The number of aryl methyl sites for hydroxylation is 1. The molecule has 4 rings (SSSR count). The van der Waals surface area contributed by atoms with Crippen molar-refractivity contribution < 1.29 is 18.1 Å². The van der Waals surface area contributed by atoms with Gasteiger partial charge in [-0.2, -0.15) is 0 Å². The van der Waals surface area contributed by atoms with Gasteiger partial charge in [-0.1, -0.05) is 0 Å². The Morgan fingerprint density at radius 1 is 1.06 bits per heavy atom. The number of aromatic nitrogens is 1. The summed E-state index contributed by atoms with van der Waals surface area (Å²) in [5, 5.41) is 0. The van der Waals surface area contributed by atoms with Crippen LogP contribution in [0.15, 0.2) is 53.5 Å². The Morgan fingerprint density at radius 2 is 1.78 bits per heavy atom. The van der Waals surface area contributed by atoms with Crippen LogP contribution in [0.4, 0.5) is 20.2 Å². The lowest BCUT2D eigenvalue weighted by Gasteiger charge is -2.20. The van der Waals surface area contributed by atoms with Gasteiger partial charge in [-0.15, -0.1) is 0 Å². The lowest BCUT2D eigenvalue weighted by atomic mass is 10.0. The van der Waals surface area contributed by atoms with E-state index in [1.54, 1.807) is 37.5 Å². The number of nitrogens with one attached hydrogen (secondary N) is 1. The molecule has 2 aromatic carbocycles. The highest BCUT2D eigenvalue weighted by Gasteiger charge is 2.20. The van der Waals surface area contributed by atoms with E-state index in [4.69, 9.17) is 4.74 Å². The summed E-state index contributed by atoms with van der Waals surface area (Å²) < 4.78 is 49.4. The second-order valence-electron chi connectivity index (χ2n) is 7.67. The molecule has 0 spiro atoms.